The van der Waals surface area contributed by atoms with Crippen LogP contribution in [-0.4, -0.2) is 24.5 Å². The minimum atomic E-state index is -0.496. The number of allylic oxidation sites excluding steroid dienone is 3. The van der Waals surface area contributed by atoms with Gasteiger partial charge in [-0.3, -0.25) is 4.79 Å². The third-order valence-corrected chi connectivity index (χ3v) is 5.49. The highest BCUT2D eigenvalue weighted by Gasteiger charge is 2.44. The molecule has 5 nitrogen and oxygen atoms in total. The fraction of sp³-hybridized carbons (Fsp3) is 0.520. The van der Waals surface area contributed by atoms with Crippen molar-refractivity contribution in [3.63, 3.8) is 0 Å². The van der Waals surface area contributed by atoms with Crippen LogP contribution in [0.5, 0.6) is 5.75 Å². The lowest BCUT2D eigenvalue weighted by atomic mass is 9.68. The SMILES string of the molecule is CCCOC(=O)C1=C(C)NC2=C(C(=O)CC(C)(C)C2)[C@@H]1c1ccccc1OC(C)C. The standard InChI is InChI=1S/C25H33NO4/c1-7-12-29-24(28)21-16(4)26-18-13-25(5,6)14-19(27)23(18)22(21)17-10-8-9-11-20(17)30-15(2)3/h8-11,15,22,26H,7,12-14H2,1-6H3/t22-/m1/s1. The van der Waals surface area contributed by atoms with Crippen molar-refractivity contribution in [2.75, 3.05) is 6.61 Å². The Morgan fingerprint density at radius 1 is 1.23 bits per heavy atom. The molecule has 0 amide bonds. The maximum Gasteiger partial charge on any atom is 0.336 e. The number of carbonyl (C=O) groups excluding carboxylic acids is 2. The van der Waals surface area contributed by atoms with Gasteiger partial charge in [0.1, 0.15) is 5.75 Å². The Hall–Kier alpha value is -2.56. The van der Waals surface area contributed by atoms with Crippen LogP contribution in [0, 0.1) is 5.41 Å². The molecule has 1 N–H and O–H groups in total. The lowest BCUT2D eigenvalue weighted by Gasteiger charge is -2.39. The van der Waals surface area contributed by atoms with Crippen molar-refractivity contribution in [1.82, 2.24) is 5.32 Å². The molecule has 1 atom stereocenters. The molecule has 1 heterocycles. The van der Waals surface area contributed by atoms with Gasteiger partial charge in [-0.2, -0.15) is 0 Å². The summed E-state index contributed by atoms with van der Waals surface area (Å²) in [7, 11) is 0. The lowest BCUT2D eigenvalue weighted by molar-refractivity contribution is -0.139. The van der Waals surface area contributed by atoms with Gasteiger partial charge >= 0.3 is 5.97 Å². The quantitative estimate of drug-likeness (QED) is 0.665. The van der Waals surface area contributed by atoms with Gasteiger partial charge in [-0.05, 0) is 45.1 Å². The summed E-state index contributed by atoms with van der Waals surface area (Å²) in [6.07, 6.45) is 1.92. The number of esters is 1. The van der Waals surface area contributed by atoms with Crippen molar-refractivity contribution in [2.24, 2.45) is 5.41 Å². The van der Waals surface area contributed by atoms with E-state index in [0.717, 1.165) is 29.8 Å². The van der Waals surface area contributed by atoms with Crippen LogP contribution in [0.25, 0.3) is 0 Å². The first kappa shape index (κ1) is 22.1. The molecule has 1 aliphatic heterocycles. The van der Waals surface area contributed by atoms with Crippen LogP contribution in [0.15, 0.2) is 46.8 Å². The zero-order valence-electron chi connectivity index (χ0n) is 18.9. The molecule has 1 aliphatic carbocycles. The highest BCUT2D eigenvalue weighted by molar-refractivity contribution is 6.04. The number of benzene rings is 1. The largest absolute Gasteiger partial charge is 0.491 e. The number of para-hydroxylation sites is 1. The van der Waals surface area contributed by atoms with Gasteiger partial charge in [0.05, 0.1) is 24.2 Å². The van der Waals surface area contributed by atoms with E-state index in [1.54, 1.807) is 0 Å². The average molecular weight is 412 g/mol. The summed E-state index contributed by atoms with van der Waals surface area (Å²) in [5.74, 6) is -0.108. The number of ether oxygens (including phenoxy) is 2. The van der Waals surface area contributed by atoms with E-state index in [0.29, 0.717) is 29.9 Å². The van der Waals surface area contributed by atoms with Crippen LogP contribution in [0.4, 0.5) is 0 Å². The second kappa shape index (κ2) is 8.66. The molecular formula is C25H33NO4. The summed E-state index contributed by atoms with van der Waals surface area (Å²) in [5.41, 5.74) is 3.52. The molecule has 0 saturated carbocycles. The first-order valence-corrected chi connectivity index (χ1v) is 10.8. The Bertz CT molecular complexity index is 907. The lowest BCUT2D eigenvalue weighted by Crippen LogP contribution is -2.38. The molecule has 0 radical (unpaired) electrons. The van der Waals surface area contributed by atoms with Gasteiger partial charge in [0.15, 0.2) is 5.78 Å². The summed E-state index contributed by atoms with van der Waals surface area (Å²) in [6, 6.07) is 7.69. The van der Waals surface area contributed by atoms with Gasteiger partial charge in [-0.25, -0.2) is 4.79 Å². The molecule has 3 rings (SSSR count). The van der Waals surface area contributed by atoms with E-state index in [1.165, 1.54) is 0 Å². The number of nitrogens with one attached hydrogen (secondary N) is 1. The van der Waals surface area contributed by atoms with Crippen molar-refractivity contribution in [3.05, 3.63) is 52.4 Å². The molecule has 0 saturated heterocycles. The molecular weight excluding hydrogens is 378 g/mol. The second-order valence-electron chi connectivity index (χ2n) is 9.27. The Morgan fingerprint density at radius 3 is 2.60 bits per heavy atom. The van der Waals surface area contributed by atoms with Crippen molar-refractivity contribution in [2.45, 2.75) is 72.8 Å². The fourth-order valence-electron chi connectivity index (χ4n) is 4.37. The number of dihydropyridines is 1. The van der Waals surface area contributed by atoms with E-state index in [-0.39, 0.29) is 23.3 Å². The van der Waals surface area contributed by atoms with Crippen LogP contribution >= 0.6 is 0 Å². The van der Waals surface area contributed by atoms with Gasteiger partial charge in [0, 0.05) is 29.0 Å². The maximum atomic E-state index is 13.3. The third kappa shape index (κ3) is 4.45. The molecule has 162 valence electrons. The van der Waals surface area contributed by atoms with Crippen LogP contribution in [0.3, 0.4) is 0 Å². The Labute approximate surface area is 179 Å². The van der Waals surface area contributed by atoms with Crippen LogP contribution in [-0.2, 0) is 14.3 Å². The molecule has 0 aromatic heterocycles. The van der Waals surface area contributed by atoms with Gasteiger partial charge < -0.3 is 14.8 Å². The zero-order valence-corrected chi connectivity index (χ0v) is 18.9. The van der Waals surface area contributed by atoms with Crippen LogP contribution < -0.4 is 10.1 Å². The predicted molar refractivity (Wildman–Crippen MR) is 117 cm³/mol. The van der Waals surface area contributed by atoms with E-state index in [4.69, 9.17) is 9.47 Å². The number of rotatable bonds is 6. The maximum absolute atomic E-state index is 13.3. The molecule has 1 aromatic rings. The molecule has 0 spiro atoms. The van der Waals surface area contributed by atoms with Gasteiger partial charge in [0.25, 0.3) is 0 Å². The van der Waals surface area contributed by atoms with Crippen molar-refractivity contribution < 1.29 is 19.1 Å². The normalized spacial score (nSPS) is 20.8. The number of hydrogen-bond acceptors (Lipinski definition) is 5. The van der Waals surface area contributed by atoms with Crippen LogP contribution in [0.1, 0.15) is 72.3 Å². The Morgan fingerprint density at radius 2 is 1.93 bits per heavy atom. The third-order valence-electron chi connectivity index (χ3n) is 5.49. The average Bonchev–Trinajstić information content (AvgIpc) is 2.64. The minimum absolute atomic E-state index is 0.0251. The van der Waals surface area contributed by atoms with Gasteiger partial charge in [-0.1, -0.05) is 39.0 Å². The molecule has 1 aromatic carbocycles. The summed E-state index contributed by atoms with van der Waals surface area (Å²) in [4.78, 5) is 26.4. The predicted octanol–water partition coefficient (Wildman–Crippen LogP) is 5.03. The van der Waals surface area contributed by atoms with Crippen LogP contribution in [0.2, 0.25) is 0 Å². The number of Topliss-reactive ketones (excluding diaryl/α,β-unsaturated/α-hetero) is 1. The highest BCUT2D eigenvalue weighted by atomic mass is 16.5. The van der Waals surface area contributed by atoms with E-state index >= 15 is 0 Å². The smallest absolute Gasteiger partial charge is 0.336 e. The molecule has 30 heavy (non-hydrogen) atoms. The molecule has 0 fully saturated rings. The number of carbonyl (C=O) groups is 2. The second-order valence-corrected chi connectivity index (χ2v) is 9.27. The minimum Gasteiger partial charge on any atom is -0.491 e. The van der Waals surface area contributed by atoms with E-state index in [1.807, 2.05) is 52.0 Å². The fourth-order valence-corrected chi connectivity index (χ4v) is 4.37. The highest BCUT2D eigenvalue weighted by Crippen LogP contribution is 2.48. The number of hydrogen-bond donors (Lipinski definition) is 1. The van der Waals surface area contributed by atoms with Gasteiger partial charge in [0.2, 0.25) is 0 Å². The van der Waals surface area contributed by atoms with Crippen molar-refractivity contribution in [1.29, 1.82) is 0 Å². The first-order chi connectivity index (χ1) is 14.1. The molecule has 5 heteroatoms. The van der Waals surface area contributed by atoms with E-state index < -0.39 is 5.92 Å². The Balaban J connectivity index is 2.19. The monoisotopic (exact) mass is 411 g/mol. The Kier molecular flexibility index (Phi) is 6.39. The zero-order chi connectivity index (χ0) is 22.1. The van der Waals surface area contributed by atoms with Gasteiger partial charge in [-0.15, -0.1) is 0 Å². The summed E-state index contributed by atoms with van der Waals surface area (Å²) >= 11 is 0. The molecule has 2 aliphatic rings. The summed E-state index contributed by atoms with van der Waals surface area (Å²) < 4.78 is 11.6. The topological polar surface area (TPSA) is 64.6 Å². The molecule has 0 bridgehead atoms. The summed E-state index contributed by atoms with van der Waals surface area (Å²) in [5, 5.41) is 3.37. The first-order valence-electron chi connectivity index (χ1n) is 10.8. The summed E-state index contributed by atoms with van der Waals surface area (Å²) in [6.45, 7) is 12.3. The molecule has 0 unspecified atom stereocenters. The van der Waals surface area contributed by atoms with Crippen molar-refractivity contribution in [3.8, 4) is 5.75 Å². The van der Waals surface area contributed by atoms with E-state index in [2.05, 4.69) is 19.2 Å². The van der Waals surface area contributed by atoms with E-state index in [9.17, 15) is 9.59 Å². The van der Waals surface area contributed by atoms with Crippen molar-refractivity contribution >= 4 is 11.8 Å². The number of ketones is 1.